The molecule has 3 rings (SSSR count). The van der Waals surface area contributed by atoms with Gasteiger partial charge in [0.1, 0.15) is 0 Å². The highest BCUT2D eigenvalue weighted by Gasteiger charge is 2.24. The van der Waals surface area contributed by atoms with Crippen LogP contribution in [0.25, 0.3) is 0 Å². The number of carbonyl (C=O) groups excluding carboxylic acids is 1. The molecule has 0 aromatic heterocycles. The van der Waals surface area contributed by atoms with E-state index in [1.807, 2.05) is 18.2 Å². The van der Waals surface area contributed by atoms with Crippen LogP contribution < -0.4 is 20.1 Å². The highest BCUT2D eigenvalue weighted by Crippen LogP contribution is 2.34. The summed E-state index contributed by atoms with van der Waals surface area (Å²) in [5, 5.41) is 6.27. The monoisotopic (exact) mass is 354 g/mol. The first-order valence-electron chi connectivity index (χ1n) is 8.59. The molecular weight excluding hydrogens is 328 g/mol. The number of benzene rings is 1. The van der Waals surface area contributed by atoms with Crippen molar-refractivity contribution >= 4 is 18.3 Å². The molecule has 1 amide bonds. The summed E-state index contributed by atoms with van der Waals surface area (Å²) < 4.78 is 11.7. The van der Waals surface area contributed by atoms with Gasteiger partial charge in [0.05, 0.1) is 19.1 Å². The summed E-state index contributed by atoms with van der Waals surface area (Å²) in [6.07, 6.45) is 5.81. The average molecular weight is 355 g/mol. The molecule has 6 heteroatoms. The minimum atomic E-state index is 0. The maximum absolute atomic E-state index is 12.2. The molecule has 5 nitrogen and oxygen atoms in total. The normalized spacial score (nSPS) is 20.5. The van der Waals surface area contributed by atoms with E-state index < -0.39 is 0 Å². The van der Waals surface area contributed by atoms with Crippen LogP contribution in [0.5, 0.6) is 11.5 Å². The van der Waals surface area contributed by atoms with Crippen molar-refractivity contribution in [1.82, 2.24) is 10.6 Å². The number of nitrogens with one attached hydrogen (secondary N) is 2. The minimum Gasteiger partial charge on any atom is -0.493 e. The number of halogens is 1. The molecule has 1 aliphatic heterocycles. The van der Waals surface area contributed by atoms with Gasteiger partial charge >= 0.3 is 0 Å². The van der Waals surface area contributed by atoms with Gasteiger partial charge in [0.15, 0.2) is 11.5 Å². The van der Waals surface area contributed by atoms with Crippen molar-refractivity contribution in [1.29, 1.82) is 0 Å². The van der Waals surface area contributed by atoms with E-state index in [1.165, 1.54) is 12.8 Å². The molecule has 2 aliphatic rings. The molecule has 1 atom stereocenters. The number of amides is 1. The second-order valence-electron chi connectivity index (χ2n) is 6.38. The molecule has 2 N–H and O–H groups in total. The summed E-state index contributed by atoms with van der Waals surface area (Å²) in [4.78, 5) is 12.2. The van der Waals surface area contributed by atoms with Gasteiger partial charge in [0, 0.05) is 18.7 Å². The van der Waals surface area contributed by atoms with Crippen molar-refractivity contribution in [3.8, 4) is 11.5 Å². The number of hydrogen-bond donors (Lipinski definition) is 2. The van der Waals surface area contributed by atoms with Crippen LogP contribution in [0, 0.1) is 5.92 Å². The second kappa shape index (κ2) is 9.14. The number of para-hydroxylation sites is 1. The van der Waals surface area contributed by atoms with Crippen LogP contribution in [0.3, 0.4) is 0 Å². The molecule has 1 aliphatic carbocycles. The first-order chi connectivity index (χ1) is 11.3. The lowest BCUT2D eigenvalue weighted by Crippen LogP contribution is -2.31. The first kappa shape index (κ1) is 18.9. The zero-order valence-corrected chi connectivity index (χ0v) is 15.0. The van der Waals surface area contributed by atoms with Gasteiger partial charge in [-0.05, 0) is 44.7 Å². The number of hydrogen-bond acceptors (Lipinski definition) is 4. The van der Waals surface area contributed by atoms with E-state index in [0.717, 1.165) is 49.4 Å². The van der Waals surface area contributed by atoms with Crippen molar-refractivity contribution < 1.29 is 14.3 Å². The Morgan fingerprint density at radius 2 is 2.08 bits per heavy atom. The average Bonchev–Trinajstić information content (AvgIpc) is 3.27. The van der Waals surface area contributed by atoms with Gasteiger partial charge in [-0.1, -0.05) is 12.1 Å². The highest BCUT2D eigenvalue weighted by molar-refractivity contribution is 5.85. The van der Waals surface area contributed by atoms with E-state index in [1.54, 1.807) is 7.11 Å². The van der Waals surface area contributed by atoms with Crippen LogP contribution in [0.4, 0.5) is 0 Å². The van der Waals surface area contributed by atoms with Crippen LogP contribution in [0.2, 0.25) is 0 Å². The Labute approximate surface area is 149 Å². The zero-order chi connectivity index (χ0) is 16.1. The molecular formula is C18H27ClN2O3. The molecule has 1 saturated heterocycles. The lowest BCUT2D eigenvalue weighted by atomic mass is 10.1. The number of methoxy groups -OCH3 is 1. The topological polar surface area (TPSA) is 59.6 Å². The third kappa shape index (κ3) is 4.54. The Hall–Kier alpha value is -1.46. The fourth-order valence-corrected chi connectivity index (χ4v) is 3.37. The Morgan fingerprint density at radius 3 is 2.75 bits per heavy atom. The van der Waals surface area contributed by atoms with Crippen LogP contribution in [0.1, 0.15) is 37.7 Å². The lowest BCUT2D eigenvalue weighted by molar-refractivity contribution is -0.124. The van der Waals surface area contributed by atoms with Gasteiger partial charge < -0.3 is 20.1 Å². The van der Waals surface area contributed by atoms with Crippen molar-refractivity contribution in [2.45, 2.75) is 44.8 Å². The smallest absolute Gasteiger partial charge is 0.224 e. The predicted molar refractivity (Wildman–Crippen MR) is 95.9 cm³/mol. The molecule has 0 spiro atoms. The Morgan fingerprint density at radius 1 is 1.29 bits per heavy atom. The van der Waals surface area contributed by atoms with Crippen molar-refractivity contribution in [2.24, 2.45) is 5.92 Å². The maximum atomic E-state index is 12.2. The minimum absolute atomic E-state index is 0. The van der Waals surface area contributed by atoms with E-state index >= 15 is 0 Å². The van der Waals surface area contributed by atoms with E-state index in [-0.39, 0.29) is 30.3 Å². The van der Waals surface area contributed by atoms with Crippen LogP contribution in [-0.2, 0) is 11.3 Å². The largest absolute Gasteiger partial charge is 0.493 e. The van der Waals surface area contributed by atoms with Gasteiger partial charge in [-0.3, -0.25) is 4.79 Å². The van der Waals surface area contributed by atoms with Crippen LogP contribution in [0.15, 0.2) is 18.2 Å². The summed E-state index contributed by atoms with van der Waals surface area (Å²) in [5.74, 6) is 1.72. The summed E-state index contributed by atoms with van der Waals surface area (Å²) in [5.41, 5.74) is 0.982. The molecule has 134 valence electrons. The van der Waals surface area contributed by atoms with E-state index in [2.05, 4.69) is 10.6 Å². The number of rotatable bonds is 6. The van der Waals surface area contributed by atoms with Crippen LogP contribution in [-0.4, -0.2) is 32.2 Å². The Bertz CT molecular complexity index is 541. The first-order valence-corrected chi connectivity index (χ1v) is 8.59. The Kier molecular flexibility index (Phi) is 7.18. The maximum Gasteiger partial charge on any atom is 0.224 e. The van der Waals surface area contributed by atoms with Crippen molar-refractivity contribution in [3.63, 3.8) is 0 Å². The van der Waals surface area contributed by atoms with Crippen molar-refractivity contribution in [3.05, 3.63) is 23.8 Å². The molecule has 1 aromatic carbocycles. The van der Waals surface area contributed by atoms with Crippen molar-refractivity contribution in [2.75, 3.05) is 20.2 Å². The molecule has 2 fully saturated rings. The van der Waals surface area contributed by atoms with E-state index in [4.69, 9.17) is 9.47 Å². The van der Waals surface area contributed by atoms with Gasteiger partial charge in [0.2, 0.25) is 5.91 Å². The molecule has 1 unspecified atom stereocenters. The van der Waals surface area contributed by atoms with Gasteiger partial charge in [-0.2, -0.15) is 0 Å². The Balaban J connectivity index is 0.00000208. The standard InChI is InChI=1S/C18H26N2O3.ClH/c1-22-16-8-4-5-13(17(16)23-15-6-2-3-7-15)12-20-18(21)14-9-10-19-11-14;/h4-5,8,14-15,19H,2-3,6-7,9-12H2,1H3,(H,20,21);1H. The highest BCUT2D eigenvalue weighted by atomic mass is 35.5. The van der Waals surface area contributed by atoms with E-state index in [0.29, 0.717) is 6.54 Å². The van der Waals surface area contributed by atoms with Gasteiger partial charge in [-0.25, -0.2) is 0 Å². The fourth-order valence-electron chi connectivity index (χ4n) is 3.37. The summed E-state index contributed by atoms with van der Waals surface area (Å²) in [6, 6.07) is 5.86. The molecule has 1 aromatic rings. The predicted octanol–water partition coefficient (Wildman–Crippen LogP) is 2.66. The van der Waals surface area contributed by atoms with Gasteiger partial charge in [0.25, 0.3) is 0 Å². The van der Waals surface area contributed by atoms with Gasteiger partial charge in [-0.15, -0.1) is 12.4 Å². The summed E-state index contributed by atoms with van der Waals surface area (Å²) >= 11 is 0. The molecule has 24 heavy (non-hydrogen) atoms. The molecule has 0 radical (unpaired) electrons. The van der Waals surface area contributed by atoms with Crippen LogP contribution >= 0.6 is 12.4 Å². The zero-order valence-electron chi connectivity index (χ0n) is 14.2. The number of carbonyl (C=O) groups is 1. The third-order valence-corrected chi connectivity index (χ3v) is 4.75. The molecule has 1 heterocycles. The lowest BCUT2D eigenvalue weighted by Gasteiger charge is -2.20. The third-order valence-electron chi connectivity index (χ3n) is 4.75. The molecule has 0 bridgehead atoms. The second-order valence-corrected chi connectivity index (χ2v) is 6.38. The summed E-state index contributed by atoms with van der Waals surface area (Å²) in [7, 11) is 1.66. The fraction of sp³-hybridized carbons (Fsp3) is 0.611. The SMILES string of the molecule is COc1cccc(CNC(=O)C2CCNC2)c1OC1CCCC1.Cl. The number of ether oxygens (including phenoxy) is 2. The summed E-state index contributed by atoms with van der Waals surface area (Å²) in [6.45, 7) is 2.18. The quantitative estimate of drug-likeness (QED) is 0.824. The molecule has 1 saturated carbocycles. The van der Waals surface area contributed by atoms with E-state index in [9.17, 15) is 4.79 Å².